The molecule has 0 aromatic carbocycles. The Balaban J connectivity index is 1.87. The van der Waals surface area contributed by atoms with Crippen molar-refractivity contribution in [1.29, 1.82) is 0 Å². The lowest BCUT2D eigenvalue weighted by atomic mass is 9.99. The Bertz CT molecular complexity index is 598. The molecule has 1 aromatic rings. The van der Waals surface area contributed by atoms with Gasteiger partial charge in [-0.25, -0.2) is 4.98 Å². The van der Waals surface area contributed by atoms with Crippen LogP contribution in [0.2, 0.25) is 0 Å². The number of nitrogen functional groups attached to an aromatic ring is 1. The van der Waals surface area contributed by atoms with Crippen LogP contribution in [0.1, 0.15) is 44.9 Å². The molecule has 6 heteroatoms. The summed E-state index contributed by atoms with van der Waals surface area (Å²) in [6.45, 7) is 0. The first-order chi connectivity index (χ1) is 10.7. The summed E-state index contributed by atoms with van der Waals surface area (Å²) in [7, 11) is 1.84. The molecule has 1 aromatic heterocycles. The molecule has 22 heavy (non-hydrogen) atoms. The van der Waals surface area contributed by atoms with Gasteiger partial charge in [-0.3, -0.25) is 4.79 Å². The average Bonchev–Trinajstić information content (AvgIpc) is 3.17. The van der Waals surface area contributed by atoms with Gasteiger partial charge in [0, 0.05) is 19.1 Å². The Morgan fingerprint density at radius 2 is 1.95 bits per heavy atom. The minimum atomic E-state index is 0.0843. The molecular weight excluding hydrogens is 278 g/mol. The van der Waals surface area contributed by atoms with E-state index in [1.165, 1.54) is 25.7 Å². The number of hydrogen-bond donors (Lipinski definition) is 1. The van der Waals surface area contributed by atoms with E-state index >= 15 is 0 Å². The predicted octanol–water partition coefficient (Wildman–Crippen LogP) is 1.95. The highest BCUT2D eigenvalue weighted by Crippen LogP contribution is 2.44. The maximum absolute atomic E-state index is 12.8. The molecule has 1 aliphatic heterocycles. The van der Waals surface area contributed by atoms with Gasteiger partial charge in [-0.2, -0.15) is 4.98 Å². The van der Waals surface area contributed by atoms with Crippen LogP contribution in [0.4, 0.5) is 17.5 Å². The van der Waals surface area contributed by atoms with Crippen LogP contribution in [0.5, 0.6) is 0 Å². The summed E-state index contributed by atoms with van der Waals surface area (Å²) in [5.41, 5.74) is 6.66. The van der Waals surface area contributed by atoms with Gasteiger partial charge in [0.2, 0.25) is 11.9 Å². The van der Waals surface area contributed by atoms with Crippen molar-refractivity contribution < 1.29 is 4.79 Å². The summed E-state index contributed by atoms with van der Waals surface area (Å²) in [4.78, 5) is 25.7. The molecule has 0 unspecified atom stereocenters. The zero-order chi connectivity index (χ0) is 15.3. The lowest BCUT2D eigenvalue weighted by molar-refractivity contribution is -0.122. The van der Waals surface area contributed by atoms with Crippen molar-refractivity contribution in [1.82, 2.24) is 9.97 Å². The van der Waals surface area contributed by atoms with E-state index in [-0.39, 0.29) is 17.9 Å². The molecule has 0 radical (unpaired) electrons. The van der Waals surface area contributed by atoms with Gasteiger partial charge in [-0.15, -0.1) is 0 Å². The van der Waals surface area contributed by atoms with Crippen molar-refractivity contribution in [3.05, 3.63) is 6.20 Å². The fourth-order valence-corrected chi connectivity index (χ4v) is 4.52. The number of aromatic nitrogens is 2. The highest BCUT2D eigenvalue weighted by atomic mass is 16.2. The molecule has 2 aliphatic carbocycles. The molecular formula is C16H23N5O. The second-order valence-electron chi connectivity index (χ2n) is 6.78. The van der Waals surface area contributed by atoms with E-state index in [1.54, 1.807) is 11.1 Å². The Hall–Kier alpha value is -1.85. The zero-order valence-corrected chi connectivity index (χ0v) is 13.0. The van der Waals surface area contributed by atoms with E-state index in [2.05, 4.69) is 14.9 Å². The summed E-state index contributed by atoms with van der Waals surface area (Å²) in [6, 6.07) is 0.756. The lowest BCUT2D eigenvalue weighted by Crippen LogP contribution is -2.46. The van der Waals surface area contributed by atoms with Crippen LogP contribution in [0, 0.1) is 5.92 Å². The Kier molecular flexibility index (Phi) is 3.20. The first-order valence-electron chi connectivity index (χ1n) is 8.35. The molecule has 118 valence electrons. The zero-order valence-electron chi connectivity index (χ0n) is 13.0. The highest BCUT2D eigenvalue weighted by molar-refractivity contribution is 5.99. The smallest absolute Gasteiger partial charge is 0.232 e. The maximum Gasteiger partial charge on any atom is 0.232 e. The van der Waals surface area contributed by atoms with Crippen LogP contribution in [0.25, 0.3) is 0 Å². The summed E-state index contributed by atoms with van der Waals surface area (Å²) in [5, 5.41) is 0. The largest absolute Gasteiger partial charge is 0.368 e. The van der Waals surface area contributed by atoms with Gasteiger partial charge in [0.05, 0.1) is 12.1 Å². The topological polar surface area (TPSA) is 75.4 Å². The molecule has 2 atom stereocenters. The molecule has 2 fully saturated rings. The van der Waals surface area contributed by atoms with Crippen LogP contribution in [-0.2, 0) is 4.79 Å². The minimum absolute atomic E-state index is 0.0843. The van der Waals surface area contributed by atoms with Gasteiger partial charge in [0.15, 0.2) is 5.82 Å². The van der Waals surface area contributed by atoms with Gasteiger partial charge in [0.1, 0.15) is 5.69 Å². The molecule has 0 spiro atoms. The van der Waals surface area contributed by atoms with Crippen molar-refractivity contribution in [2.45, 2.75) is 57.0 Å². The second-order valence-corrected chi connectivity index (χ2v) is 6.78. The van der Waals surface area contributed by atoms with Crippen LogP contribution < -0.4 is 15.5 Å². The fourth-order valence-electron chi connectivity index (χ4n) is 4.52. The lowest BCUT2D eigenvalue weighted by Gasteiger charge is -2.36. The standard InChI is InChI=1S/C16H23N5O/c1-20-13-9-18-16(17)19-14(13)21(10-5-2-3-6-10)12-8-4-7-11(12)15(20)22/h9-12H,2-8H2,1H3,(H2,17,18,19)/t11-,12+/m0/s1. The predicted molar refractivity (Wildman–Crippen MR) is 85.7 cm³/mol. The van der Waals surface area contributed by atoms with Crippen molar-refractivity contribution in [3.63, 3.8) is 0 Å². The van der Waals surface area contributed by atoms with Crippen LogP contribution in [-0.4, -0.2) is 35.0 Å². The number of carbonyl (C=O) groups is 1. The van der Waals surface area contributed by atoms with Gasteiger partial charge in [-0.1, -0.05) is 19.3 Å². The van der Waals surface area contributed by atoms with Gasteiger partial charge in [-0.05, 0) is 25.7 Å². The summed E-state index contributed by atoms with van der Waals surface area (Å²) < 4.78 is 0. The van der Waals surface area contributed by atoms with E-state index in [9.17, 15) is 4.79 Å². The number of rotatable bonds is 1. The third-order valence-electron chi connectivity index (χ3n) is 5.58. The summed E-state index contributed by atoms with van der Waals surface area (Å²) >= 11 is 0. The van der Waals surface area contributed by atoms with Crippen molar-refractivity contribution >= 4 is 23.4 Å². The normalized spacial score (nSPS) is 28.7. The first kappa shape index (κ1) is 13.8. The Morgan fingerprint density at radius 3 is 2.73 bits per heavy atom. The number of hydrogen-bond acceptors (Lipinski definition) is 5. The summed E-state index contributed by atoms with van der Waals surface area (Å²) in [5.74, 6) is 1.45. The van der Waals surface area contributed by atoms with Gasteiger partial charge in [0.25, 0.3) is 0 Å². The first-order valence-corrected chi connectivity index (χ1v) is 8.35. The van der Waals surface area contributed by atoms with Crippen molar-refractivity contribution in [3.8, 4) is 0 Å². The monoisotopic (exact) mass is 301 g/mol. The maximum atomic E-state index is 12.8. The quantitative estimate of drug-likeness (QED) is 0.858. The molecule has 0 bridgehead atoms. The minimum Gasteiger partial charge on any atom is -0.368 e. The van der Waals surface area contributed by atoms with Crippen molar-refractivity contribution in [2.75, 3.05) is 22.6 Å². The molecule has 6 nitrogen and oxygen atoms in total. The Labute approximate surface area is 130 Å². The third kappa shape index (κ3) is 1.96. The number of nitrogens with zero attached hydrogens (tertiary/aromatic N) is 4. The highest BCUT2D eigenvalue weighted by Gasteiger charge is 2.45. The second kappa shape index (κ2) is 5.11. The van der Waals surface area contributed by atoms with E-state index in [1.807, 2.05) is 7.05 Å². The number of nitrogens with two attached hydrogens (primary N) is 1. The van der Waals surface area contributed by atoms with Gasteiger partial charge < -0.3 is 15.5 Å². The molecule has 2 saturated carbocycles. The number of anilines is 3. The Morgan fingerprint density at radius 1 is 1.18 bits per heavy atom. The van der Waals surface area contributed by atoms with Crippen molar-refractivity contribution in [2.24, 2.45) is 5.92 Å². The number of carbonyl (C=O) groups excluding carboxylic acids is 1. The van der Waals surface area contributed by atoms with E-state index < -0.39 is 0 Å². The van der Waals surface area contributed by atoms with E-state index in [4.69, 9.17) is 5.73 Å². The molecule has 2 N–H and O–H groups in total. The molecule has 2 heterocycles. The molecule has 1 amide bonds. The SMILES string of the molecule is CN1C(=O)[C@H]2CCC[C@H]2N(C2CCCC2)c2nc(N)ncc21. The number of fused-ring (bicyclic) bond motifs is 2. The van der Waals surface area contributed by atoms with E-state index in [0.717, 1.165) is 30.8 Å². The summed E-state index contributed by atoms with van der Waals surface area (Å²) in [6.07, 6.45) is 9.77. The van der Waals surface area contributed by atoms with Gasteiger partial charge >= 0.3 is 0 Å². The number of amides is 1. The molecule has 3 aliphatic rings. The average molecular weight is 301 g/mol. The van der Waals surface area contributed by atoms with Crippen LogP contribution in [0.15, 0.2) is 6.20 Å². The molecule has 4 rings (SSSR count). The van der Waals surface area contributed by atoms with Crippen LogP contribution >= 0.6 is 0 Å². The molecule has 0 saturated heterocycles. The third-order valence-corrected chi connectivity index (χ3v) is 5.58. The fraction of sp³-hybridized carbons (Fsp3) is 0.688. The van der Waals surface area contributed by atoms with E-state index in [0.29, 0.717) is 12.0 Å². The van der Waals surface area contributed by atoms with Crippen LogP contribution in [0.3, 0.4) is 0 Å².